The number of hydrogen-bond acceptors (Lipinski definition) is 4. The van der Waals surface area contributed by atoms with E-state index in [0.29, 0.717) is 0 Å². The summed E-state index contributed by atoms with van der Waals surface area (Å²) in [7, 11) is 6.44. The summed E-state index contributed by atoms with van der Waals surface area (Å²) in [6, 6.07) is 0. The third kappa shape index (κ3) is 13.8. The zero-order valence-corrected chi connectivity index (χ0v) is 12.2. The molecule has 0 saturated heterocycles. The fourth-order valence-electron chi connectivity index (χ4n) is 1.61. The molecule has 0 aromatic carbocycles. The van der Waals surface area contributed by atoms with Crippen LogP contribution in [-0.4, -0.2) is 76.9 Å². The quantitative estimate of drug-likeness (QED) is 0.517. The van der Waals surface area contributed by atoms with Gasteiger partial charge in [0.25, 0.3) is 0 Å². The molecule has 0 radical (unpaired) electrons. The monoisotopic (exact) mass is 245 g/mol. The highest BCUT2D eigenvalue weighted by Crippen LogP contribution is 1.88. The molecule has 0 fully saturated rings. The third-order valence-corrected chi connectivity index (χ3v) is 2.66. The van der Waals surface area contributed by atoms with Gasteiger partial charge in [0.05, 0.1) is 0 Å². The normalized spacial score (nSPS) is 11.6. The zero-order valence-electron chi connectivity index (χ0n) is 12.2. The molecular formula is C13H31N3O. The first-order chi connectivity index (χ1) is 8.16. The molecule has 1 N–H and O–H groups in total. The Morgan fingerprint density at radius 1 is 0.941 bits per heavy atom. The van der Waals surface area contributed by atoms with Crippen molar-refractivity contribution in [3.63, 3.8) is 0 Å². The van der Waals surface area contributed by atoms with Crippen molar-refractivity contribution in [1.29, 1.82) is 0 Å². The number of hydrogen-bond donors (Lipinski definition) is 1. The van der Waals surface area contributed by atoms with Gasteiger partial charge in [0.15, 0.2) is 0 Å². The lowest BCUT2D eigenvalue weighted by Crippen LogP contribution is -2.31. The molecule has 17 heavy (non-hydrogen) atoms. The molecule has 0 amide bonds. The molecule has 0 heterocycles. The van der Waals surface area contributed by atoms with Gasteiger partial charge >= 0.3 is 0 Å². The minimum absolute atomic E-state index is 0.828. The fraction of sp³-hybridized carbons (Fsp3) is 1.00. The smallest absolute Gasteiger partial charge is 0.0477 e. The van der Waals surface area contributed by atoms with E-state index in [9.17, 15) is 0 Å². The number of ether oxygens (including phenoxy) is 1. The van der Waals surface area contributed by atoms with Crippen LogP contribution < -0.4 is 5.32 Å². The molecule has 4 heteroatoms. The van der Waals surface area contributed by atoms with E-state index < -0.39 is 0 Å². The molecule has 0 aromatic rings. The van der Waals surface area contributed by atoms with Crippen molar-refractivity contribution in [3.05, 3.63) is 0 Å². The van der Waals surface area contributed by atoms with E-state index in [1.165, 1.54) is 19.5 Å². The van der Waals surface area contributed by atoms with Gasteiger partial charge in [-0.1, -0.05) is 0 Å². The maximum absolute atomic E-state index is 5.28. The van der Waals surface area contributed by atoms with Crippen LogP contribution in [-0.2, 0) is 4.74 Å². The average Bonchev–Trinajstić information content (AvgIpc) is 2.27. The molecule has 0 bridgehead atoms. The van der Waals surface area contributed by atoms with E-state index in [0.717, 1.165) is 39.3 Å². The summed E-state index contributed by atoms with van der Waals surface area (Å²) >= 11 is 0. The molecule has 0 aliphatic carbocycles. The van der Waals surface area contributed by atoms with Crippen LogP contribution in [0.4, 0.5) is 0 Å². The van der Waals surface area contributed by atoms with Crippen molar-refractivity contribution in [2.24, 2.45) is 0 Å². The van der Waals surface area contributed by atoms with Crippen molar-refractivity contribution >= 4 is 0 Å². The van der Waals surface area contributed by atoms with Gasteiger partial charge < -0.3 is 19.9 Å². The molecule has 0 unspecified atom stereocenters. The summed E-state index contributed by atoms with van der Waals surface area (Å²) in [5.74, 6) is 0. The summed E-state index contributed by atoms with van der Waals surface area (Å²) < 4.78 is 5.28. The van der Waals surface area contributed by atoms with Crippen molar-refractivity contribution < 1.29 is 4.74 Å². The maximum atomic E-state index is 5.28. The lowest BCUT2D eigenvalue weighted by molar-refractivity contribution is 0.144. The van der Waals surface area contributed by atoms with Crippen molar-refractivity contribution in [2.75, 3.05) is 67.1 Å². The van der Waals surface area contributed by atoms with Gasteiger partial charge in [-0.2, -0.15) is 0 Å². The van der Waals surface area contributed by atoms with Gasteiger partial charge in [-0.25, -0.2) is 0 Å². The van der Waals surface area contributed by atoms with E-state index >= 15 is 0 Å². The highest BCUT2D eigenvalue weighted by atomic mass is 16.5. The zero-order chi connectivity index (χ0) is 12.9. The molecule has 0 atom stereocenters. The number of nitrogens with zero attached hydrogens (tertiary/aromatic N) is 2. The van der Waals surface area contributed by atoms with Gasteiger partial charge in [0.2, 0.25) is 0 Å². The highest BCUT2D eigenvalue weighted by Gasteiger charge is 1.98. The Morgan fingerprint density at radius 2 is 1.71 bits per heavy atom. The van der Waals surface area contributed by atoms with Gasteiger partial charge in [0.1, 0.15) is 0 Å². The largest absolute Gasteiger partial charge is 0.382 e. The van der Waals surface area contributed by atoms with Crippen LogP contribution in [0.2, 0.25) is 0 Å². The summed E-state index contributed by atoms with van der Waals surface area (Å²) in [6.07, 6.45) is 2.35. The van der Waals surface area contributed by atoms with E-state index in [4.69, 9.17) is 4.74 Å². The number of likely N-dealkylation sites (N-methyl/N-ethyl adjacent to an activating group) is 1. The Kier molecular flexibility index (Phi) is 12.2. The predicted octanol–water partition coefficient (Wildman–Crippen LogP) is 0.886. The average molecular weight is 245 g/mol. The van der Waals surface area contributed by atoms with E-state index in [2.05, 4.69) is 36.3 Å². The summed E-state index contributed by atoms with van der Waals surface area (Å²) in [5, 5.41) is 3.44. The van der Waals surface area contributed by atoms with Crippen LogP contribution in [0.5, 0.6) is 0 Å². The van der Waals surface area contributed by atoms with Crippen LogP contribution in [0.25, 0.3) is 0 Å². The lowest BCUT2D eigenvalue weighted by atomic mass is 10.3. The van der Waals surface area contributed by atoms with Crippen LogP contribution in [0, 0.1) is 0 Å². The second-order valence-corrected chi connectivity index (χ2v) is 4.76. The predicted molar refractivity (Wildman–Crippen MR) is 74.6 cm³/mol. The second-order valence-electron chi connectivity index (χ2n) is 4.76. The Hall–Kier alpha value is -0.160. The fourth-order valence-corrected chi connectivity index (χ4v) is 1.61. The van der Waals surface area contributed by atoms with Crippen LogP contribution in [0.1, 0.15) is 19.8 Å². The van der Waals surface area contributed by atoms with Gasteiger partial charge in [-0.05, 0) is 60.5 Å². The van der Waals surface area contributed by atoms with Crippen LogP contribution in [0.3, 0.4) is 0 Å². The van der Waals surface area contributed by atoms with E-state index in [-0.39, 0.29) is 0 Å². The molecule has 4 nitrogen and oxygen atoms in total. The molecular weight excluding hydrogens is 214 g/mol. The molecule has 0 aliphatic rings. The number of rotatable bonds is 12. The summed E-state index contributed by atoms with van der Waals surface area (Å²) in [6.45, 7) is 9.36. The molecule has 0 spiro atoms. The Labute approximate surface area is 107 Å². The van der Waals surface area contributed by atoms with Crippen LogP contribution >= 0.6 is 0 Å². The van der Waals surface area contributed by atoms with Crippen molar-refractivity contribution in [3.8, 4) is 0 Å². The van der Waals surface area contributed by atoms with Crippen molar-refractivity contribution in [1.82, 2.24) is 15.1 Å². The Bertz CT molecular complexity index is 154. The van der Waals surface area contributed by atoms with Crippen molar-refractivity contribution in [2.45, 2.75) is 19.8 Å². The SMILES string of the molecule is CCOCCCNCCN(C)CCCN(C)C. The first kappa shape index (κ1) is 16.8. The molecule has 0 rings (SSSR count). The van der Waals surface area contributed by atoms with Gasteiger partial charge in [-0.3, -0.25) is 0 Å². The molecule has 104 valence electrons. The van der Waals surface area contributed by atoms with E-state index in [1.807, 2.05) is 6.92 Å². The van der Waals surface area contributed by atoms with Crippen LogP contribution in [0.15, 0.2) is 0 Å². The topological polar surface area (TPSA) is 27.7 Å². The van der Waals surface area contributed by atoms with Gasteiger partial charge in [-0.15, -0.1) is 0 Å². The molecule has 0 saturated carbocycles. The van der Waals surface area contributed by atoms with Gasteiger partial charge in [0, 0.05) is 26.3 Å². The summed E-state index contributed by atoms with van der Waals surface area (Å²) in [4.78, 5) is 4.62. The number of nitrogens with one attached hydrogen (secondary N) is 1. The highest BCUT2D eigenvalue weighted by molar-refractivity contribution is 4.56. The minimum Gasteiger partial charge on any atom is -0.382 e. The standard InChI is InChI=1S/C13H31N3O/c1-5-17-13-6-8-14-9-12-16(4)11-7-10-15(2)3/h14H,5-13H2,1-4H3. The molecule has 0 aromatic heterocycles. The maximum Gasteiger partial charge on any atom is 0.0477 e. The first-order valence-corrected chi connectivity index (χ1v) is 6.78. The minimum atomic E-state index is 0.828. The Balaban J connectivity index is 3.13. The van der Waals surface area contributed by atoms with E-state index in [1.54, 1.807) is 0 Å². The third-order valence-electron chi connectivity index (χ3n) is 2.66. The summed E-state index contributed by atoms with van der Waals surface area (Å²) in [5.41, 5.74) is 0. The first-order valence-electron chi connectivity index (χ1n) is 6.78. The Morgan fingerprint density at radius 3 is 2.35 bits per heavy atom. The second kappa shape index (κ2) is 12.3. The lowest BCUT2D eigenvalue weighted by Gasteiger charge is -2.18. The molecule has 0 aliphatic heterocycles.